The van der Waals surface area contributed by atoms with Gasteiger partial charge < -0.3 is 128 Å². The second kappa shape index (κ2) is 44.4. The van der Waals surface area contributed by atoms with Gasteiger partial charge >= 0.3 is 12.2 Å². The van der Waals surface area contributed by atoms with Crippen LogP contribution in [0.4, 0.5) is 32.3 Å². The fourth-order valence-electron chi connectivity index (χ4n) is 17.2. The van der Waals surface area contributed by atoms with Gasteiger partial charge in [-0.15, -0.1) is 0 Å². The Morgan fingerprint density at radius 2 is 0.757 bits per heavy atom. The summed E-state index contributed by atoms with van der Waals surface area (Å²) in [6, 6.07) is 39.2. The largest absolute Gasteiger partial charge is 0.449 e. The number of amides is 3. The van der Waals surface area contributed by atoms with E-state index in [2.05, 4.69) is 146 Å². The lowest BCUT2D eigenvalue weighted by molar-refractivity contribution is -0.120. The predicted octanol–water partition coefficient (Wildman–Crippen LogP) is 5.13. The van der Waals surface area contributed by atoms with Crippen molar-refractivity contribution >= 4 is 85.5 Å². The summed E-state index contributed by atoms with van der Waals surface area (Å²) >= 11 is 0. The van der Waals surface area contributed by atoms with E-state index in [-0.39, 0.29) is 35.9 Å². The van der Waals surface area contributed by atoms with Crippen molar-refractivity contribution in [1.29, 1.82) is 0 Å². The number of benzene rings is 4. The molecule has 17 rings (SSSR count). The molecule has 728 valence electrons. The highest BCUT2D eigenvalue weighted by Crippen LogP contribution is 2.45. The van der Waals surface area contributed by atoms with E-state index in [9.17, 15) is 55.2 Å². The van der Waals surface area contributed by atoms with Gasteiger partial charge in [0.2, 0.25) is 5.91 Å². The monoisotopic (exact) mass is 1870 g/mol. The van der Waals surface area contributed by atoms with Crippen LogP contribution in [0.3, 0.4) is 0 Å². The van der Waals surface area contributed by atoms with Gasteiger partial charge in [0.25, 0.3) is 0 Å². The molecule has 0 spiro atoms. The van der Waals surface area contributed by atoms with Gasteiger partial charge in [-0.05, 0) is 127 Å². The van der Waals surface area contributed by atoms with E-state index in [4.69, 9.17) is 51.4 Å². The lowest BCUT2D eigenvalue weighted by atomic mass is 9.86. The second-order valence-corrected chi connectivity index (χ2v) is 37.1. The number of rotatable bonds is 30. The Labute approximate surface area is 787 Å². The van der Waals surface area contributed by atoms with Crippen molar-refractivity contribution < 1.29 is 83.7 Å². The van der Waals surface area contributed by atoms with Gasteiger partial charge in [-0.25, -0.2) is 49.5 Å². The van der Waals surface area contributed by atoms with Crippen molar-refractivity contribution in [3.8, 4) is 11.1 Å². The highest BCUT2D eigenvalue weighted by Gasteiger charge is 2.49. The normalized spacial score (nSPS) is 23.1. The Hall–Kier alpha value is -12.1. The molecule has 5 aliphatic rings. The van der Waals surface area contributed by atoms with Crippen LogP contribution in [0.15, 0.2) is 171 Å². The zero-order chi connectivity index (χ0) is 97.0. The number of carbonyl (C=O) groups excluding carboxylic acids is 3. The number of ether oxygens (including phenoxy) is 6. The number of pyridine rings is 4. The van der Waals surface area contributed by atoms with Crippen molar-refractivity contribution in [2.75, 3.05) is 123 Å². The van der Waals surface area contributed by atoms with E-state index < -0.39 is 110 Å². The van der Waals surface area contributed by atoms with E-state index in [1.54, 1.807) is 67.3 Å². The Bertz CT molecular complexity index is 5950. The molecule has 0 bridgehead atoms. The molecule has 136 heavy (non-hydrogen) atoms. The van der Waals surface area contributed by atoms with Crippen LogP contribution in [0, 0.1) is 0 Å². The number of hydrogen-bond donors (Lipinski definition) is 16. The number of aliphatic hydroxyl groups excluding tert-OH is 8. The molecule has 8 aromatic heterocycles. The number of imidazole rings is 4. The molecule has 0 radical (unpaired) electrons. The Morgan fingerprint density at radius 3 is 1.13 bits per heavy atom. The van der Waals surface area contributed by atoms with Crippen LogP contribution in [0.25, 0.3) is 55.8 Å². The first kappa shape index (κ1) is 99.9. The molecular weight excluding hydrogens is 1750 g/mol. The van der Waals surface area contributed by atoms with Crippen molar-refractivity contribution in [2.24, 2.45) is 0 Å². The predicted molar refractivity (Wildman–Crippen MR) is 510 cm³/mol. The number of aliphatic hydroxyl groups is 8. The maximum atomic E-state index is 12.5. The van der Waals surface area contributed by atoms with Crippen molar-refractivity contribution in [2.45, 2.75) is 189 Å². The van der Waals surface area contributed by atoms with Gasteiger partial charge in [-0.1, -0.05) is 146 Å². The molecule has 12 aromatic rings. The zero-order valence-corrected chi connectivity index (χ0v) is 78.1. The van der Waals surface area contributed by atoms with E-state index in [0.29, 0.717) is 139 Å². The van der Waals surface area contributed by atoms with Gasteiger partial charge in [-0.3, -0.25) is 23.1 Å². The molecule has 4 aromatic carbocycles. The molecule has 4 fully saturated rings. The van der Waals surface area contributed by atoms with Crippen LogP contribution in [-0.2, 0) is 57.1 Å². The summed E-state index contributed by atoms with van der Waals surface area (Å²) < 4.78 is 41.1. The summed E-state index contributed by atoms with van der Waals surface area (Å²) in [7, 11) is 5.61. The Morgan fingerprint density at radius 1 is 0.412 bits per heavy atom. The summed E-state index contributed by atoms with van der Waals surface area (Å²) in [6.45, 7) is 20.8. The highest BCUT2D eigenvalue weighted by atomic mass is 16.6. The second-order valence-electron chi connectivity index (χ2n) is 37.1. The third-order valence-corrected chi connectivity index (χ3v) is 24.9. The summed E-state index contributed by atoms with van der Waals surface area (Å²) in [5, 5.41) is 95.9. The standard InChI is InChI=1S/C29H32N6O5.C27H38N6O4.C26H36N6O5.C14H21N5O3/c1-34(14-23-25(36)26(37)28(40-23)35-16-33-24-22(30)10-11-31-27(24)35)13-12-32-29(38)39-15-21-19-8-4-2-6-17(19)18-7-3-5-9-20(18)21;1-27(2,3)18-8-6-17(7-9-18)14-21(34)29-11-5-13-32(4)15-20-23(35)24(36)26(37-20)33-16-31-22-19(28)10-12-30-25(22)33;1-26(2,3)17-7-5-16(6-8-17)14-36-25(35)29-11-12-31(4)13-19-21(33)22(34)24(37-19)32-15-30-20-18(27)9-10-28-23(20)32;1-2-4-16-6-9-11(20)12(21)14(22-9)19-7-18-10-8(15)3-5-17-13(10)19/h2-11,16,21,23,25-26,28,36-37H,12-15H2,1H3,(H2,30,31)(H,32,38);6-10,12,16,20,23-24,26,35-36H,5,11,13-15H2,1-4H3,(H2,28,30)(H,29,34);5-10,15,19,21-22,24,33-34H,11-14H2,1-4H3,(H2,27,28)(H,29,35);3,5,7,9,11-12,14,16,20-21H,2,4,6H2,1H3,(H2,15,17)/t23?,25-,26-,28-;20-,23-,24-,26-;19-,21-,22-,24-;9?,11-,12-,14-/m1111/s1. The summed E-state index contributed by atoms with van der Waals surface area (Å²) in [4.78, 5) is 76.9. The number of hydrogen-bond acceptors (Lipinski definition) is 33. The summed E-state index contributed by atoms with van der Waals surface area (Å²) in [6.07, 6.45) is -0.971. The average molecular weight is 1880 g/mol. The molecule has 40 heteroatoms. The number of nitrogens with zero attached hydrogens (tertiary/aromatic N) is 15. The van der Waals surface area contributed by atoms with Crippen molar-refractivity contribution in [1.82, 2.24) is 94.1 Å². The van der Waals surface area contributed by atoms with Crippen molar-refractivity contribution in [3.05, 3.63) is 205 Å². The van der Waals surface area contributed by atoms with E-state index in [1.165, 1.54) is 47.6 Å². The fourth-order valence-corrected chi connectivity index (χ4v) is 17.2. The number of likely N-dealkylation sites (N-methyl/N-ethyl adjacent to an activating group) is 3. The van der Waals surface area contributed by atoms with Crippen LogP contribution in [0.2, 0.25) is 0 Å². The molecule has 3 amide bonds. The molecule has 2 unspecified atom stereocenters. The minimum atomic E-state index is -1.17. The third-order valence-electron chi connectivity index (χ3n) is 24.9. The molecule has 4 saturated heterocycles. The SMILES string of the molecule is CCCNCC1O[C@@H](n2cnc3c(N)ccnc32)[C@H](O)[C@@H]1O.CN(CCCNC(=O)Cc1ccc(C(C)(C)C)cc1)C[C@H]1O[C@@H](n2cnc3c(N)ccnc32)[C@H](O)[C@@H]1O.CN(CCNC(=O)OCC1c2ccccc2-c2ccccc21)CC1O[C@@H](n2cnc3c(N)ccnc32)[C@H](O)[C@@H]1O.CN(CCNC(=O)OCc1ccc(C(C)(C)C)cc1)C[C@H]1O[C@@H](n2cnc3c(N)ccnc32)[C@H](O)[C@@H]1O. The molecule has 16 atom stereocenters. The number of alkyl carbamates (subject to hydrolysis) is 2. The van der Waals surface area contributed by atoms with Crippen LogP contribution < -0.4 is 44.2 Å². The van der Waals surface area contributed by atoms with E-state index >= 15 is 0 Å². The lowest BCUT2D eigenvalue weighted by Gasteiger charge is -2.23. The van der Waals surface area contributed by atoms with Gasteiger partial charge in [-0.2, -0.15) is 0 Å². The number of nitrogens with two attached hydrogens (primary N) is 4. The van der Waals surface area contributed by atoms with Gasteiger partial charge in [0.15, 0.2) is 47.5 Å². The van der Waals surface area contributed by atoms with E-state index in [1.807, 2.05) is 96.5 Å². The van der Waals surface area contributed by atoms with Crippen LogP contribution in [0.1, 0.15) is 126 Å². The highest BCUT2D eigenvalue weighted by molar-refractivity contribution is 5.87. The van der Waals surface area contributed by atoms with Gasteiger partial charge in [0.1, 0.15) is 109 Å². The fraction of sp³-hybridized carbons (Fsp3) is 0.469. The first-order chi connectivity index (χ1) is 65.1. The minimum Gasteiger partial charge on any atom is -0.449 e. The van der Waals surface area contributed by atoms with Gasteiger partial charge in [0, 0.05) is 89.6 Å². The van der Waals surface area contributed by atoms with Crippen LogP contribution in [-0.4, -0.2) is 305 Å². The molecule has 0 saturated carbocycles. The molecule has 40 nitrogen and oxygen atoms in total. The first-order valence-electron chi connectivity index (χ1n) is 45.7. The maximum Gasteiger partial charge on any atom is 0.407 e. The Balaban J connectivity index is 0.000000148. The number of carbonyl (C=O) groups is 3. The molecular formula is C96H127N23O17. The maximum absolute atomic E-state index is 12.5. The average Bonchev–Trinajstić information content (AvgIpc) is 1.67. The smallest absolute Gasteiger partial charge is 0.407 e. The summed E-state index contributed by atoms with van der Waals surface area (Å²) in [5.74, 6) is -0.00561. The Kier molecular flexibility index (Phi) is 32.6. The first-order valence-corrected chi connectivity index (χ1v) is 45.7. The summed E-state index contributed by atoms with van der Waals surface area (Å²) in [5.41, 5.74) is 38.9. The molecule has 1 aliphatic carbocycles. The number of anilines is 4. The van der Waals surface area contributed by atoms with Crippen LogP contribution >= 0.6 is 0 Å². The third kappa shape index (κ3) is 23.4. The molecule has 20 N–H and O–H groups in total. The number of fused-ring (bicyclic) bond motifs is 7. The van der Waals surface area contributed by atoms with Crippen LogP contribution in [0.5, 0.6) is 0 Å². The topological polar surface area (TPSA) is 553 Å². The van der Waals surface area contributed by atoms with E-state index in [0.717, 1.165) is 41.6 Å². The lowest BCUT2D eigenvalue weighted by Crippen LogP contribution is -2.41. The van der Waals surface area contributed by atoms with Gasteiger partial charge in [0.05, 0.1) is 54.5 Å². The number of nitrogen functional groups attached to an aromatic ring is 4. The molecule has 12 heterocycles. The minimum absolute atomic E-state index is 0.000424. The quantitative estimate of drug-likeness (QED) is 0.0259. The zero-order valence-electron chi connectivity index (χ0n) is 78.1. The molecule has 4 aliphatic heterocycles. The number of aromatic nitrogens is 12. The van der Waals surface area contributed by atoms with Crippen molar-refractivity contribution in [3.63, 3.8) is 0 Å². The number of nitrogens with one attached hydrogen (secondary N) is 4.